The average molecular weight is 413 g/mol. The number of anilines is 2. The largest absolute Gasteiger partial charge is 0.356 e. The van der Waals surface area contributed by atoms with E-state index in [1.54, 1.807) is 4.90 Å². The van der Waals surface area contributed by atoms with Gasteiger partial charge in [0.15, 0.2) is 9.84 Å². The maximum Gasteiger partial charge on any atom is 0.246 e. The molecule has 2 heterocycles. The molecule has 0 aliphatic carbocycles. The average Bonchev–Trinajstić information content (AvgIpc) is 2.96. The summed E-state index contributed by atoms with van der Waals surface area (Å²) >= 11 is 0. The van der Waals surface area contributed by atoms with E-state index in [-0.39, 0.29) is 41.5 Å². The van der Waals surface area contributed by atoms with E-state index >= 15 is 0 Å². The number of aryl methyl sites for hydroxylation is 1. The van der Waals surface area contributed by atoms with Gasteiger partial charge < -0.3 is 9.80 Å². The van der Waals surface area contributed by atoms with Crippen molar-refractivity contribution in [2.75, 3.05) is 27.9 Å². The minimum Gasteiger partial charge on any atom is -0.356 e. The molecular weight excluding hydrogens is 384 g/mol. The van der Waals surface area contributed by atoms with Gasteiger partial charge in [-0.2, -0.15) is 0 Å². The molecule has 2 fully saturated rings. The third-order valence-corrected chi connectivity index (χ3v) is 7.74. The van der Waals surface area contributed by atoms with Crippen LogP contribution in [0.4, 0.5) is 11.4 Å². The van der Waals surface area contributed by atoms with E-state index in [2.05, 4.69) is 32.9 Å². The Balaban J connectivity index is 1.73. The van der Waals surface area contributed by atoms with Gasteiger partial charge >= 0.3 is 0 Å². The van der Waals surface area contributed by atoms with Crippen molar-refractivity contribution < 1.29 is 13.2 Å². The third-order valence-electron chi connectivity index (χ3n) is 6.04. The van der Waals surface area contributed by atoms with Crippen LogP contribution in [0.3, 0.4) is 0 Å². The molecular formula is C23H28N2O3S. The zero-order valence-electron chi connectivity index (χ0n) is 17.4. The lowest BCUT2D eigenvalue weighted by molar-refractivity contribution is -0.118. The van der Waals surface area contributed by atoms with Crippen molar-refractivity contribution in [3.8, 4) is 0 Å². The van der Waals surface area contributed by atoms with E-state index in [9.17, 15) is 13.2 Å². The molecule has 2 aromatic carbocycles. The Bertz CT molecular complexity index is 1040. The fourth-order valence-electron chi connectivity index (χ4n) is 4.46. The van der Waals surface area contributed by atoms with Gasteiger partial charge in [0, 0.05) is 11.4 Å². The van der Waals surface area contributed by atoms with E-state index in [1.807, 2.05) is 48.2 Å². The van der Waals surface area contributed by atoms with E-state index in [1.165, 1.54) is 5.56 Å². The molecule has 5 nitrogen and oxygen atoms in total. The minimum absolute atomic E-state index is 0.00825. The number of hydrogen-bond acceptors (Lipinski definition) is 4. The van der Waals surface area contributed by atoms with Gasteiger partial charge in [0.2, 0.25) is 5.91 Å². The molecule has 0 aromatic heterocycles. The van der Waals surface area contributed by atoms with Crippen LogP contribution in [0.5, 0.6) is 0 Å². The maximum atomic E-state index is 13.2. The Kier molecular flexibility index (Phi) is 4.73. The third kappa shape index (κ3) is 3.66. The molecule has 0 saturated carbocycles. The molecule has 2 aliphatic rings. The van der Waals surface area contributed by atoms with E-state index in [0.29, 0.717) is 0 Å². The summed E-state index contributed by atoms with van der Waals surface area (Å²) in [4.78, 5) is 16.9. The van der Waals surface area contributed by atoms with Crippen LogP contribution < -0.4 is 9.80 Å². The Hall–Kier alpha value is -2.34. The Morgan fingerprint density at radius 1 is 0.931 bits per heavy atom. The van der Waals surface area contributed by atoms with Gasteiger partial charge in [-0.1, -0.05) is 51.1 Å². The SMILES string of the molecule is Cc1ccccc1N1C(=O)CN(c2ccc(C(C)(C)C)cc2)[C@@H]2CS(=O)(=O)C[C@H]21. The Labute approximate surface area is 173 Å². The zero-order chi connectivity index (χ0) is 21.0. The Morgan fingerprint density at radius 2 is 1.55 bits per heavy atom. The number of piperazine rings is 1. The summed E-state index contributed by atoms with van der Waals surface area (Å²) in [7, 11) is -3.21. The van der Waals surface area contributed by atoms with Crippen molar-refractivity contribution in [2.24, 2.45) is 0 Å². The molecule has 2 atom stereocenters. The number of para-hydroxylation sites is 1. The molecule has 0 spiro atoms. The number of hydrogen-bond donors (Lipinski definition) is 0. The summed E-state index contributed by atoms with van der Waals surface area (Å²) in [5, 5.41) is 0. The summed E-state index contributed by atoms with van der Waals surface area (Å²) in [6, 6.07) is 15.3. The molecule has 0 radical (unpaired) electrons. The van der Waals surface area contributed by atoms with Crippen LogP contribution in [-0.4, -0.2) is 44.5 Å². The summed E-state index contributed by atoms with van der Waals surface area (Å²) in [5.74, 6) is 0.0282. The van der Waals surface area contributed by atoms with Crippen molar-refractivity contribution in [2.45, 2.75) is 45.2 Å². The fraction of sp³-hybridized carbons (Fsp3) is 0.435. The number of amides is 1. The van der Waals surface area contributed by atoms with Gasteiger partial charge in [0.25, 0.3) is 0 Å². The molecule has 29 heavy (non-hydrogen) atoms. The predicted molar refractivity (Wildman–Crippen MR) is 117 cm³/mol. The van der Waals surface area contributed by atoms with E-state index in [4.69, 9.17) is 0 Å². The highest BCUT2D eigenvalue weighted by atomic mass is 32.2. The smallest absolute Gasteiger partial charge is 0.246 e. The van der Waals surface area contributed by atoms with Crippen LogP contribution in [0.2, 0.25) is 0 Å². The summed E-state index contributed by atoms with van der Waals surface area (Å²) in [6.07, 6.45) is 0. The van der Waals surface area contributed by atoms with E-state index < -0.39 is 9.84 Å². The van der Waals surface area contributed by atoms with Crippen molar-refractivity contribution in [3.05, 3.63) is 59.7 Å². The van der Waals surface area contributed by atoms with Crippen LogP contribution >= 0.6 is 0 Å². The van der Waals surface area contributed by atoms with Gasteiger partial charge in [-0.15, -0.1) is 0 Å². The number of nitrogens with zero attached hydrogens (tertiary/aromatic N) is 2. The van der Waals surface area contributed by atoms with Gasteiger partial charge in [-0.25, -0.2) is 8.42 Å². The number of benzene rings is 2. The van der Waals surface area contributed by atoms with Crippen LogP contribution in [0, 0.1) is 6.92 Å². The first-order valence-corrected chi connectivity index (χ1v) is 11.8. The molecule has 2 aromatic rings. The molecule has 4 rings (SSSR count). The molecule has 0 unspecified atom stereocenters. The number of rotatable bonds is 2. The molecule has 2 aliphatic heterocycles. The highest BCUT2D eigenvalue weighted by Gasteiger charge is 2.50. The standard InChI is InChI=1S/C23H28N2O3S/c1-16-7-5-6-8-19(16)25-21-15-29(27,28)14-20(21)24(13-22(25)26)18-11-9-17(10-12-18)23(2,3)4/h5-12,20-21H,13-15H2,1-4H3/t20-,21-/m1/s1. The molecule has 1 amide bonds. The van der Waals surface area contributed by atoms with Gasteiger partial charge in [-0.05, 0) is 41.7 Å². The number of sulfone groups is 1. The molecule has 2 saturated heterocycles. The van der Waals surface area contributed by atoms with Gasteiger partial charge in [-0.3, -0.25) is 4.79 Å². The van der Waals surface area contributed by atoms with Crippen LogP contribution in [0.1, 0.15) is 31.9 Å². The normalized spacial score (nSPS) is 23.9. The molecule has 6 heteroatoms. The zero-order valence-corrected chi connectivity index (χ0v) is 18.2. The summed E-state index contributed by atoms with van der Waals surface area (Å²) in [5.41, 5.74) is 3.95. The van der Waals surface area contributed by atoms with Gasteiger partial charge in [0.1, 0.15) is 0 Å². The van der Waals surface area contributed by atoms with Crippen molar-refractivity contribution >= 4 is 27.1 Å². The topological polar surface area (TPSA) is 57.7 Å². The van der Waals surface area contributed by atoms with Gasteiger partial charge in [0.05, 0.1) is 30.1 Å². The quantitative estimate of drug-likeness (QED) is 0.759. The lowest BCUT2D eigenvalue weighted by Gasteiger charge is -2.45. The lowest BCUT2D eigenvalue weighted by atomic mass is 9.87. The van der Waals surface area contributed by atoms with Crippen LogP contribution in [-0.2, 0) is 20.0 Å². The number of fused-ring (bicyclic) bond motifs is 1. The predicted octanol–water partition coefficient (Wildman–Crippen LogP) is 3.31. The number of carbonyl (C=O) groups is 1. The second-order valence-corrected chi connectivity index (χ2v) is 11.3. The molecule has 154 valence electrons. The first-order valence-electron chi connectivity index (χ1n) is 10.0. The van der Waals surface area contributed by atoms with Crippen LogP contribution in [0.25, 0.3) is 0 Å². The minimum atomic E-state index is -3.21. The van der Waals surface area contributed by atoms with Crippen molar-refractivity contribution in [1.29, 1.82) is 0 Å². The Morgan fingerprint density at radius 3 is 2.17 bits per heavy atom. The van der Waals surface area contributed by atoms with E-state index in [0.717, 1.165) is 16.9 Å². The second kappa shape index (κ2) is 6.87. The first-order chi connectivity index (χ1) is 13.6. The summed E-state index contributed by atoms with van der Waals surface area (Å²) < 4.78 is 25.1. The molecule has 0 N–H and O–H groups in total. The number of carbonyl (C=O) groups excluding carboxylic acids is 1. The fourth-order valence-corrected chi connectivity index (χ4v) is 6.41. The highest BCUT2D eigenvalue weighted by Crippen LogP contribution is 2.36. The first kappa shape index (κ1) is 20.0. The monoisotopic (exact) mass is 412 g/mol. The lowest BCUT2D eigenvalue weighted by Crippen LogP contribution is -2.62. The van der Waals surface area contributed by atoms with Crippen molar-refractivity contribution in [3.63, 3.8) is 0 Å². The highest BCUT2D eigenvalue weighted by molar-refractivity contribution is 7.91. The maximum absolute atomic E-state index is 13.2. The molecule has 0 bridgehead atoms. The second-order valence-electron chi connectivity index (χ2n) is 9.19. The van der Waals surface area contributed by atoms with Crippen LogP contribution in [0.15, 0.2) is 48.5 Å². The van der Waals surface area contributed by atoms with Crippen molar-refractivity contribution in [1.82, 2.24) is 0 Å². The summed E-state index contributed by atoms with van der Waals surface area (Å²) in [6.45, 7) is 8.61.